The topological polar surface area (TPSA) is 69.2 Å². The molecule has 1 aliphatic heterocycles. The minimum absolute atomic E-state index is 0.327. The molecule has 7 heteroatoms. The fourth-order valence-electron chi connectivity index (χ4n) is 5.53. The van der Waals surface area contributed by atoms with Gasteiger partial charge in [0, 0.05) is 35.0 Å². The molecule has 0 spiro atoms. The van der Waals surface area contributed by atoms with Crippen LogP contribution in [0.2, 0.25) is 0 Å². The molecule has 1 saturated heterocycles. The van der Waals surface area contributed by atoms with E-state index in [4.69, 9.17) is 18.9 Å². The number of hydrogen-bond acceptors (Lipinski definition) is 6. The van der Waals surface area contributed by atoms with Gasteiger partial charge in [0.2, 0.25) is 0 Å². The third-order valence-corrected chi connectivity index (χ3v) is 7.60. The van der Waals surface area contributed by atoms with Gasteiger partial charge in [0.05, 0.1) is 34.0 Å². The first kappa shape index (κ1) is 25.8. The second-order valence-corrected chi connectivity index (χ2v) is 9.25. The summed E-state index contributed by atoms with van der Waals surface area (Å²) in [5, 5.41) is 16.3. The van der Waals surface area contributed by atoms with Gasteiger partial charge in [-0.2, -0.15) is 0 Å². The quantitative estimate of drug-likeness (QED) is 0.457. The van der Waals surface area contributed by atoms with Crippen molar-refractivity contribution < 1.29 is 28.4 Å². The molecule has 4 rings (SSSR count). The lowest BCUT2D eigenvalue weighted by Crippen LogP contribution is -2.55. The average Bonchev–Trinajstić information content (AvgIpc) is 2.91. The molecule has 0 saturated carbocycles. The van der Waals surface area contributed by atoms with Crippen LogP contribution in [0.3, 0.4) is 0 Å². The molecular formula is C29H34FNO5. The Hall–Kier alpha value is -3.29. The molecule has 6 nitrogen and oxygen atoms in total. The van der Waals surface area contributed by atoms with Crippen molar-refractivity contribution in [2.24, 2.45) is 11.8 Å². The maximum absolute atomic E-state index is 13.9. The summed E-state index contributed by atoms with van der Waals surface area (Å²) < 4.78 is 36.3. The smallest absolute Gasteiger partial charge is 0.123 e. The van der Waals surface area contributed by atoms with Crippen molar-refractivity contribution >= 4 is 0 Å². The predicted molar refractivity (Wildman–Crippen MR) is 136 cm³/mol. The van der Waals surface area contributed by atoms with E-state index in [9.17, 15) is 9.50 Å². The number of nitrogens with one attached hydrogen (secondary N) is 1. The Labute approximate surface area is 212 Å². The van der Waals surface area contributed by atoms with E-state index < -0.39 is 5.60 Å². The number of piperidine rings is 1. The summed E-state index contributed by atoms with van der Waals surface area (Å²) in [4.78, 5) is 0. The number of rotatable bonds is 7. The summed E-state index contributed by atoms with van der Waals surface area (Å²) in [6.45, 7) is 3.99. The van der Waals surface area contributed by atoms with Gasteiger partial charge >= 0.3 is 0 Å². The Morgan fingerprint density at radius 3 is 1.53 bits per heavy atom. The zero-order valence-corrected chi connectivity index (χ0v) is 21.5. The van der Waals surface area contributed by atoms with Gasteiger partial charge in [-0.05, 0) is 54.1 Å². The molecular weight excluding hydrogens is 461 g/mol. The first-order valence-corrected chi connectivity index (χ1v) is 12.0. The molecule has 2 N–H and O–H groups in total. The second-order valence-electron chi connectivity index (χ2n) is 9.25. The number of benzene rings is 3. The second kappa shape index (κ2) is 10.4. The Balaban J connectivity index is 1.94. The van der Waals surface area contributed by atoms with Crippen molar-refractivity contribution in [1.29, 1.82) is 0 Å². The standard InChI is InChI=1S/C29H34FNO5/c1-17-27(23-15-21(33-3)11-13-25(23)35-5)31-28(24-16-22(34-4)12-14-26(24)36-6)18(2)29(17,32)19-7-9-20(30)10-8-19/h7-18,27-28,31-32H,1-6H3. The molecule has 3 aromatic carbocycles. The SMILES string of the molecule is COc1ccc(OC)c(C2NC(c3cc(OC)ccc3OC)C(C)C(O)(c3ccc(F)cc3)C2C)c1. The Bertz CT molecular complexity index is 1130. The highest BCUT2D eigenvalue weighted by atomic mass is 19.1. The molecule has 1 heterocycles. The van der Waals surface area contributed by atoms with Crippen LogP contribution in [0.15, 0.2) is 60.7 Å². The van der Waals surface area contributed by atoms with Gasteiger partial charge in [-0.25, -0.2) is 4.39 Å². The van der Waals surface area contributed by atoms with Crippen LogP contribution in [0, 0.1) is 17.7 Å². The van der Waals surface area contributed by atoms with Crippen LogP contribution >= 0.6 is 0 Å². The molecule has 4 unspecified atom stereocenters. The summed E-state index contributed by atoms with van der Waals surface area (Å²) in [5.74, 6) is 1.70. The average molecular weight is 496 g/mol. The van der Waals surface area contributed by atoms with Crippen molar-refractivity contribution in [2.45, 2.75) is 31.5 Å². The Morgan fingerprint density at radius 2 is 1.14 bits per heavy atom. The first-order valence-electron chi connectivity index (χ1n) is 12.0. The van der Waals surface area contributed by atoms with Crippen LogP contribution in [0.5, 0.6) is 23.0 Å². The highest BCUT2D eigenvalue weighted by Crippen LogP contribution is 2.54. The molecule has 1 fully saturated rings. The van der Waals surface area contributed by atoms with Crippen LogP contribution in [-0.4, -0.2) is 33.5 Å². The van der Waals surface area contributed by atoms with Gasteiger partial charge in [-0.15, -0.1) is 0 Å². The molecule has 0 aliphatic carbocycles. The minimum Gasteiger partial charge on any atom is -0.497 e. The molecule has 36 heavy (non-hydrogen) atoms. The number of halogens is 1. The van der Waals surface area contributed by atoms with Crippen molar-refractivity contribution in [3.63, 3.8) is 0 Å². The van der Waals surface area contributed by atoms with Crippen LogP contribution in [-0.2, 0) is 5.60 Å². The monoisotopic (exact) mass is 495 g/mol. The van der Waals surface area contributed by atoms with Gasteiger partial charge < -0.3 is 29.4 Å². The van der Waals surface area contributed by atoms with Crippen molar-refractivity contribution in [2.75, 3.05) is 28.4 Å². The fraction of sp³-hybridized carbons (Fsp3) is 0.379. The van der Waals surface area contributed by atoms with Crippen LogP contribution in [0.25, 0.3) is 0 Å². The summed E-state index contributed by atoms with van der Waals surface area (Å²) in [6, 6.07) is 16.7. The largest absolute Gasteiger partial charge is 0.497 e. The zero-order valence-electron chi connectivity index (χ0n) is 21.5. The fourth-order valence-corrected chi connectivity index (χ4v) is 5.53. The van der Waals surface area contributed by atoms with E-state index in [-0.39, 0.29) is 29.7 Å². The van der Waals surface area contributed by atoms with Gasteiger partial charge in [-0.3, -0.25) is 0 Å². The molecule has 0 aromatic heterocycles. The van der Waals surface area contributed by atoms with Crippen molar-refractivity contribution in [3.05, 3.63) is 83.2 Å². The lowest BCUT2D eigenvalue weighted by molar-refractivity contribution is -0.118. The molecule has 0 amide bonds. The van der Waals surface area contributed by atoms with E-state index in [0.717, 1.165) is 11.1 Å². The van der Waals surface area contributed by atoms with E-state index in [1.807, 2.05) is 50.2 Å². The maximum Gasteiger partial charge on any atom is 0.123 e. The normalized spacial score (nSPS) is 25.8. The third kappa shape index (κ3) is 4.38. The van der Waals surface area contributed by atoms with Gasteiger partial charge in [0.15, 0.2) is 0 Å². The van der Waals surface area contributed by atoms with Gasteiger partial charge in [0.25, 0.3) is 0 Å². The van der Waals surface area contributed by atoms with E-state index >= 15 is 0 Å². The lowest BCUT2D eigenvalue weighted by Gasteiger charge is -2.52. The molecule has 192 valence electrons. The lowest BCUT2D eigenvalue weighted by atomic mass is 9.63. The summed E-state index contributed by atoms with van der Waals surface area (Å²) in [5.41, 5.74) is 1.02. The first-order chi connectivity index (χ1) is 17.3. The Kier molecular flexibility index (Phi) is 7.43. The highest BCUT2D eigenvalue weighted by molar-refractivity contribution is 5.47. The predicted octanol–water partition coefficient (Wildman–Crippen LogP) is 5.41. The molecule has 4 atom stereocenters. The van der Waals surface area contributed by atoms with E-state index in [2.05, 4.69) is 5.32 Å². The van der Waals surface area contributed by atoms with Gasteiger partial charge in [-0.1, -0.05) is 26.0 Å². The van der Waals surface area contributed by atoms with E-state index in [0.29, 0.717) is 28.6 Å². The van der Waals surface area contributed by atoms with Crippen molar-refractivity contribution in [1.82, 2.24) is 5.32 Å². The van der Waals surface area contributed by atoms with Crippen LogP contribution in [0.4, 0.5) is 4.39 Å². The number of aliphatic hydroxyl groups is 1. The molecule has 0 radical (unpaired) electrons. The molecule has 0 bridgehead atoms. The van der Waals surface area contributed by atoms with E-state index in [1.165, 1.54) is 12.1 Å². The maximum atomic E-state index is 13.9. The summed E-state index contributed by atoms with van der Waals surface area (Å²) in [6.07, 6.45) is 0. The summed E-state index contributed by atoms with van der Waals surface area (Å²) in [7, 11) is 6.47. The van der Waals surface area contributed by atoms with Gasteiger partial charge in [0.1, 0.15) is 28.8 Å². The molecule has 3 aromatic rings. The Morgan fingerprint density at radius 1 is 0.694 bits per heavy atom. The third-order valence-electron chi connectivity index (χ3n) is 7.60. The zero-order chi connectivity index (χ0) is 26.0. The number of hydrogen-bond donors (Lipinski definition) is 2. The number of ether oxygens (including phenoxy) is 4. The van der Waals surface area contributed by atoms with Crippen LogP contribution < -0.4 is 24.3 Å². The minimum atomic E-state index is -1.32. The molecule has 1 aliphatic rings. The van der Waals surface area contributed by atoms with E-state index in [1.54, 1.807) is 40.6 Å². The summed E-state index contributed by atoms with van der Waals surface area (Å²) >= 11 is 0. The van der Waals surface area contributed by atoms with Crippen molar-refractivity contribution in [3.8, 4) is 23.0 Å². The number of methoxy groups -OCH3 is 4. The highest BCUT2D eigenvalue weighted by Gasteiger charge is 2.53. The van der Waals surface area contributed by atoms with Crippen LogP contribution in [0.1, 0.15) is 42.6 Å².